The average molecular weight is 353 g/mol. The Labute approximate surface area is 148 Å². The highest BCUT2D eigenvalue weighted by Crippen LogP contribution is 2.23. The summed E-state index contributed by atoms with van der Waals surface area (Å²) < 4.78 is 5.34. The number of aliphatic imine (C=N–C) groups is 1. The highest BCUT2D eigenvalue weighted by molar-refractivity contribution is 7.14. The first-order chi connectivity index (χ1) is 11.7. The average Bonchev–Trinajstić information content (AvgIpc) is 3.14. The van der Waals surface area contributed by atoms with Crippen LogP contribution in [0.4, 0.5) is 5.00 Å². The fourth-order valence-corrected chi connectivity index (χ4v) is 3.93. The quantitative estimate of drug-likeness (QED) is 0.633. The largest absolute Gasteiger partial charge is 0.388 e. The molecule has 1 aromatic rings. The normalized spacial score (nSPS) is 21.8. The van der Waals surface area contributed by atoms with Gasteiger partial charge in [-0.15, -0.1) is 11.3 Å². The molecule has 2 saturated heterocycles. The van der Waals surface area contributed by atoms with E-state index in [0.717, 1.165) is 38.7 Å². The Balaban J connectivity index is 1.58. The van der Waals surface area contributed by atoms with Crippen LogP contribution in [0.2, 0.25) is 0 Å². The van der Waals surface area contributed by atoms with Gasteiger partial charge < -0.3 is 25.0 Å². The number of nitrogens with one attached hydrogen (secondary N) is 1. The summed E-state index contributed by atoms with van der Waals surface area (Å²) in [5.41, 5.74) is -0.711. The zero-order valence-electron chi connectivity index (χ0n) is 14.4. The molecule has 0 aliphatic carbocycles. The molecule has 0 unspecified atom stereocenters. The molecule has 6 nitrogen and oxygen atoms in total. The number of ether oxygens (including phenoxy) is 1. The van der Waals surface area contributed by atoms with E-state index >= 15 is 0 Å². The lowest BCUT2D eigenvalue weighted by Gasteiger charge is -2.37. The smallest absolute Gasteiger partial charge is 0.194 e. The number of nitrogens with zero attached hydrogens (tertiary/aromatic N) is 3. The molecule has 2 aliphatic heterocycles. The van der Waals surface area contributed by atoms with E-state index in [1.807, 2.05) is 0 Å². The van der Waals surface area contributed by atoms with Gasteiger partial charge >= 0.3 is 0 Å². The van der Waals surface area contributed by atoms with Crippen LogP contribution in [0.1, 0.15) is 19.8 Å². The van der Waals surface area contributed by atoms with Gasteiger partial charge in [0.2, 0.25) is 0 Å². The standard InChI is InChI=1S/C17H28N4O2S/c1-2-18-16(19-14-17(22)5-11-23-12-6-17)21-9-7-20(8-10-21)15-4-3-13-24-15/h3-4,13,22H,2,5-12,14H2,1H3,(H,18,19). The van der Waals surface area contributed by atoms with Crippen LogP contribution in [0.25, 0.3) is 0 Å². The van der Waals surface area contributed by atoms with Gasteiger partial charge in [0.1, 0.15) is 0 Å². The molecular formula is C17H28N4O2S. The minimum Gasteiger partial charge on any atom is -0.388 e. The summed E-state index contributed by atoms with van der Waals surface area (Å²) in [6.45, 7) is 8.53. The van der Waals surface area contributed by atoms with Gasteiger partial charge in [0.25, 0.3) is 0 Å². The number of piperazine rings is 1. The molecule has 2 N–H and O–H groups in total. The van der Waals surface area contributed by atoms with E-state index in [4.69, 9.17) is 9.73 Å². The maximum Gasteiger partial charge on any atom is 0.194 e. The van der Waals surface area contributed by atoms with Gasteiger partial charge in [-0.2, -0.15) is 0 Å². The van der Waals surface area contributed by atoms with Gasteiger partial charge in [-0.25, -0.2) is 0 Å². The Morgan fingerprint density at radius 2 is 2.08 bits per heavy atom. The van der Waals surface area contributed by atoms with Crippen molar-refractivity contribution in [2.24, 2.45) is 4.99 Å². The Hall–Kier alpha value is -1.31. The molecule has 0 radical (unpaired) electrons. The molecule has 134 valence electrons. The second-order valence-corrected chi connectivity index (χ2v) is 7.36. The SMILES string of the molecule is CCNC(=NCC1(O)CCOCC1)N1CCN(c2cccs2)CC1. The molecule has 24 heavy (non-hydrogen) atoms. The number of anilines is 1. The van der Waals surface area contributed by atoms with Crippen molar-refractivity contribution in [2.45, 2.75) is 25.4 Å². The molecule has 3 rings (SSSR count). The van der Waals surface area contributed by atoms with Crippen molar-refractivity contribution < 1.29 is 9.84 Å². The summed E-state index contributed by atoms with van der Waals surface area (Å²) in [4.78, 5) is 9.46. The Morgan fingerprint density at radius 3 is 2.71 bits per heavy atom. The highest BCUT2D eigenvalue weighted by Gasteiger charge is 2.30. The molecule has 3 heterocycles. The molecule has 0 saturated carbocycles. The van der Waals surface area contributed by atoms with Gasteiger partial charge in [0.05, 0.1) is 17.1 Å². The number of guanidine groups is 1. The third kappa shape index (κ3) is 4.40. The van der Waals surface area contributed by atoms with Crippen molar-refractivity contribution in [3.05, 3.63) is 17.5 Å². The van der Waals surface area contributed by atoms with E-state index in [2.05, 4.69) is 39.6 Å². The van der Waals surface area contributed by atoms with Crippen molar-refractivity contribution in [1.82, 2.24) is 10.2 Å². The fraction of sp³-hybridized carbons (Fsp3) is 0.706. The summed E-state index contributed by atoms with van der Waals surface area (Å²) in [5.74, 6) is 0.920. The zero-order valence-corrected chi connectivity index (χ0v) is 15.2. The second-order valence-electron chi connectivity index (χ2n) is 6.43. The van der Waals surface area contributed by atoms with Crippen LogP contribution in [0.15, 0.2) is 22.5 Å². The van der Waals surface area contributed by atoms with Crippen LogP contribution < -0.4 is 10.2 Å². The second kappa shape index (κ2) is 8.18. The minimum absolute atomic E-state index is 0.448. The highest BCUT2D eigenvalue weighted by atomic mass is 32.1. The molecule has 0 atom stereocenters. The van der Waals surface area contributed by atoms with Crippen LogP contribution in [0.5, 0.6) is 0 Å². The topological polar surface area (TPSA) is 60.3 Å². The van der Waals surface area contributed by atoms with Crippen molar-refractivity contribution in [3.8, 4) is 0 Å². The van der Waals surface area contributed by atoms with E-state index in [9.17, 15) is 5.11 Å². The van der Waals surface area contributed by atoms with Gasteiger partial charge in [-0.1, -0.05) is 0 Å². The molecule has 2 fully saturated rings. The van der Waals surface area contributed by atoms with Crippen LogP contribution in [-0.4, -0.2) is 74.0 Å². The molecule has 0 amide bonds. The molecule has 2 aliphatic rings. The summed E-state index contributed by atoms with van der Waals surface area (Å²) in [6.07, 6.45) is 1.34. The molecule has 0 spiro atoms. The molecule has 1 aromatic heterocycles. The van der Waals surface area contributed by atoms with Crippen molar-refractivity contribution in [3.63, 3.8) is 0 Å². The van der Waals surface area contributed by atoms with Gasteiger partial charge in [0.15, 0.2) is 5.96 Å². The number of thiophene rings is 1. The van der Waals surface area contributed by atoms with Gasteiger partial charge in [0, 0.05) is 58.8 Å². The van der Waals surface area contributed by atoms with Gasteiger partial charge in [-0.05, 0) is 24.4 Å². The van der Waals surface area contributed by atoms with Crippen molar-refractivity contribution in [2.75, 3.05) is 57.4 Å². The molecule has 0 bridgehead atoms. The first-order valence-electron chi connectivity index (χ1n) is 8.82. The number of hydrogen-bond acceptors (Lipinski definition) is 5. The monoisotopic (exact) mass is 352 g/mol. The lowest BCUT2D eigenvalue weighted by atomic mass is 9.95. The van der Waals surface area contributed by atoms with E-state index in [-0.39, 0.29) is 0 Å². The van der Waals surface area contributed by atoms with E-state index in [1.165, 1.54) is 5.00 Å². The van der Waals surface area contributed by atoms with E-state index < -0.39 is 5.60 Å². The summed E-state index contributed by atoms with van der Waals surface area (Å²) in [5, 5.41) is 17.5. The van der Waals surface area contributed by atoms with Gasteiger partial charge in [-0.3, -0.25) is 4.99 Å². The summed E-state index contributed by atoms with van der Waals surface area (Å²) in [7, 11) is 0. The lowest BCUT2D eigenvalue weighted by Crippen LogP contribution is -2.53. The Morgan fingerprint density at radius 1 is 1.33 bits per heavy atom. The molecular weight excluding hydrogens is 324 g/mol. The first kappa shape index (κ1) is 17.5. The fourth-order valence-electron chi connectivity index (χ4n) is 3.15. The van der Waals surface area contributed by atoms with Crippen LogP contribution in [0.3, 0.4) is 0 Å². The Bertz CT molecular complexity index is 521. The van der Waals surface area contributed by atoms with Crippen LogP contribution >= 0.6 is 11.3 Å². The number of rotatable bonds is 4. The predicted octanol–water partition coefficient (Wildman–Crippen LogP) is 1.38. The number of aliphatic hydroxyl groups is 1. The minimum atomic E-state index is -0.711. The molecule has 7 heteroatoms. The Kier molecular flexibility index (Phi) is 5.97. The zero-order chi connectivity index (χ0) is 16.8. The lowest BCUT2D eigenvalue weighted by molar-refractivity contribution is -0.0566. The number of hydrogen-bond donors (Lipinski definition) is 2. The van der Waals surface area contributed by atoms with Crippen molar-refractivity contribution in [1.29, 1.82) is 0 Å². The first-order valence-corrected chi connectivity index (χ1v) is 9.70. The van der Waals surface area contributed by atoms with Crippen LogP contribution in [0, 0.1) is 0 Å². The van der Waals surface area contributed by atoms with E-state index in [1.54, 1.807) is 11.3 Å². The summed E-state index contributed by atoms with van der Waals surface area (Å²) in [6, 6.07) is 4.28. The maximum atomic E-state index is 10.6. The van der Waals surface area contributed by atoms with Crippen LogP contribution in [-0.2, 0) is 4.74 Å². The third-order valence-corrected chi connectivity index (χ3v) is 5.61. The van der Waals surface area contributed by atoms with E-state index in [0.29, 0.717) is 32.6 Å². The summed E-state index contributed by atoms with van der Waals surface area (Å²) >= 11 is 1.79. The molecule has 0 aromatic carbocycles. The predicted molar refractivity (Wildman–Crippen MR) is 99.1 cm³/mol. The third-order valence-electron chi connectivity index (χ3n) is 4.68. The maximum absolute atomic E-state index is 10.6. The van der Waals surface area contributed by atoms with Crippen molar-refractivity contribution >= 4 is 22.3 Å².